The van der Waals surface area contributed by atoms with E-state index in [9.17, 15) is 9.59 Å². The SMILES string of the molecule is CC(C)(C)NC(=O)C(C)(C)OC(=O)/C=C/c1ccccc1. The summed E-state index contributed by atoms with van der Waals surface area (Å²) in [5, 5.41) is 2.80. The molecule has 0 heterocycles. The molecule has 0 unspecified atom stereocenters. The maximum Gasteiger partial charge on any atom is 0.331 e. The van der Waals surface area contributed by atoms with Gasteiger partial charge in [-0.3, -0.25) is 4.79 Å². The number of hydrogen-bond donors (Lipinski definition) is 1. The first-order valence-electron chi connectivity index (χ1n) is 6.89. The van der Waals surface area contributed by atoms with Crippen molar-refractivity contribution in [3.63, 3.8) is 0 Å². The van der Waals surface area contributed by atoms with E-state index in [-0.39, 0.29) is 11.4 Å². The van der Waals surface area contributed by atoms with Crippen LogP contribution in [0, 0.1) is 0 Å². The Bertz CT molecular complexity index is 525. The van der Waals surface area contributed by atoms with Crippen LogP contribution in [0.25, 0.3) is 6.08 Å². The van der Waals surface area contributed by atoms with Gasteiger partial charge in [-0.2, -0.15) is 0 Å². The van der Waals surface area contributed by atoms with E-state index in [0.29, 0.717) is 0 Å². The van der Waals surface area contributed by atoms with E-state index in [1.807, 2.05) is 51.1 Å². The highest BCUT2D eigenvalue weighted by Crippen LogP contribution is 2.13. The lowest BCUT2D eigenvalue weighted by Crippen LogP contribution is -2.52. The first-order chi connectivity index (χ1) is 9.60. The van der Waals surface area contributed by atoms with Crippen LogP contribution in [0.3, 0.4) is 0 Å². The molecule has 0 bridgehead atoms. The van der Waals surface area contributed by atoms with Gasteiger partial charge in [0.1, 0.15) is 0 Å². The number of hydrogen-bond acceptors (Lipinski definition) is 3. The number of ether oxygens (including phenoxy) is 1. The summed E-state index contributed by atoms with van der Waals surface area (Å²) < 4.78 is 5.23. The molecule has 0 spiro atoms. The van der Waals surface area contributed by atoms with E-state index in [1.54, 1.807) is 19.9 Å². The van der Waals surface area contributed by atoms with Gasteiger partial charge >= 0.3 is 5.97 Å². The van der Waals surface area contributed by atoms with Crippen LogP contribution < -0.4 is 5.32 Å². The third-order valence-corrected chi connectivity index (χ3v) is 2.60. The molecule has 1 rings (SSSR count). The Morgan fingerprint density at radius 3 is 2.14 bits per heavy atom. The predicted molar refractivity (Wildman–Crippen MR) is 83.5 cm³/mol. The highest BCUT2D eigenvalue weighted by molar-refractivity contribution is 5.92. The topological polar surface area (TPSA) is 55.4 Å². The van der Waals surface area contributed by atoms with E-state index >= 15 is 0 Å². The van der Waals surface area contributed by atoms with Crippen molar-refractivity contribution in [2.75, 3.05) is 0 Å². The Hall–Kier alpha value is -2.10. The third kappa shape index (κ3) is 6.25. The minimum Gasteiger partial charge on any atom is -0.446 e. The molecule has 0 fully saturated rings. The number of benzene rings is 1. The highest BCUT2D eigenvalue weighted by atomic mass is 16.6. The molecule has 0 saturated heterocycles. The molecular formula is C17H23NO3. The van der Waals surface area contributed by atoms with Gasteiger partial charge in [-0.25, -0.2) is 4.79 Å². The number of carbonyl (C=O) groups is 2. The van der Waals surface area contributed by atoms with E-state index in [2.05, 4.69) is 5.32 Å². The smallest absolute Gasteiger partial charge is 0.331 e. The van der Waals surface area contributed by atoms with Crippen molar-refractivity contribution in [1.29, 1.82) is 0 Å². The maximum absolute atomic E-state index is 12.1. The molecule has 0 aromatic heterocycles. The van der Waals surface area contributed by atoms with Crippen molar-refractivity contribution in [1.82, 2.24) is 5.32 Å². The normalized spacial score (nSPS) is 12.2. The molecule has 114 valence electrons. The summed E-state index contributed by atoms with van der Waals surface area (Å²) in [4.78, 5) is 23.9. The van der Waals surface area contributed by atoms with Gasteiger partial charge in [0.2, 0.25) is 0 Å². The second-order valence-corrected chi connectivity index (χ2v) is 6.38. The summed E-state index contributed by atoms with van der Waals surface area (Å²) in [5.74, 6) is -0.871. The zero-order valence-corrected chi connectivity index (χ0v) is 13.3. The van der Waals surface area contributed by atoms with Crippen LogP contribution in [0.1, 0.15) is 40.2 Å². The van der Waals surface area contributed by atoms with Gasteiger partial charge in [-0.15, -0.1) is 0 Å². The zero-order valence-electron chi connectivity index (χ0n) is 13.3. The average molecular weight is 289 g/mol. The molecule has 0 radical (unpaired) electrons. The van der Waals surface area contributed by atoms with Crippen LogP contribution >= 0.6 is 0 Å². The maximum atomic E-state index is 12.1. The largest absolute Gasteiger partial charge is 0.446 e. The van der Waals surface area contributed by atoms with Crippen molar-refractivity contribution >= 4 is 18.0 Å². The van der Waals surface area contributed by atoms with E-state index in [1.165, 1.54) is 6.08 Å². The molecule has 0 atom stereocenters. The first-order valence-corrected chi connectivity index (χ1v) is 6.89. The lowest BCUT2D eigenvalue weighted by Gasteiger charge is -2.28. The lowest BCUT2D eigenvalue weighted by atomic mass is 10.0. The second kappa shape index (κ2) is 6.57. The average Bonchev–Trinajstić information content (AvgIpc) is 2.35. The minimum absolute atomic E-state index is 0.323. The van der Waals surface area contributed by atoms with Crippen LogP contribution in [0.4, 0.5) is 0 Å². The number of amides is 1. The Kier molecular flexibility index (Phi) is 5.30. The van der Waals surface area contributed by atoms with Gasteiger partial charge in [-0.1, -0.05) is 30.3 Å². The van der Waals surface area contributed by atoms with Crippen LogP contribution in [-0.2, 0) is 14.3 Å². The molecule has 1 aromatic rings. The third-order valence-electron chi connectivity index (χ3n) is 2.60. The molecule has 0 aliphatic heterocycles. The van der Waals surface area contributed by atoms with Crippen LogP contribution in [-0.4, -0.2) is 23.0 Å². The molecule has 0 saturated carbocycles. The van der Waals surface area contributed by atoms with Crippen LogP contribution in [0.15, 0.2) is 36.4 Å². The molecule has 4 heteroatoms. The van der Waals surface area contributed by atoms with Gasteiger partial charge in [-0.05, 0) is 46.3 Å². The summed E-state index contributed by atoms with van der Waals surface area (Å²) in [7, 11) is 0. The fraction of sp³-hybridized carbons (Fsp3) is 0.412. The molecule has 1 aromatic carbocycles. The standard InChI is InChI=1S/C17H23NO3/c1-16(2,3)18-15(20)17(4,5)21-14(19)12-11-13-9-7-6-8-10-13/h6-12H,1-5H3,(H,18,20)/b12-11+. The van der Waals surface area contributed by atoms with Gasteiger partial charge in [0.25, 0.3) is 5.91 Å². The van der Waals surface area contributed by atoms with Gasteiger partial charge < -0.3 is 10.1 Å². The number of rotatable bonds is 4. The minimum atomic E-state index is -1.22. The molecule has 4 nitrogen and oxygen atoms in total. The second-order valence-electron chi connectivity index (χ2n) is 6.38. The molecule has 0 aliphatic carbocycles. The van der Waals surface area contributed by atoms with E-state index in [0.717, 1.165) is 5.56 Å². The van der Waals surface area contributed by atoms with Crippen LogP contribution in [0.2, 0.25) is 0 Å². The van der Waals surface area contributed by atoms with Crippen molar-refractivity contribution in [3.8, 4) is 0 Å². The summed E-state index contributed by atoms with van der Waals surface area (Å²) in [5.41, 5.74) is -0.696. The number of nitrogens with one attached hydrogen (secondary N) is 1. The van der Waals surface area contributed by atoms with Crippen molar-refractivity contribution < 1.29 is 14.3 Å². The summed E-state index contributed by atoms with van der Waals surface area (Å²) in [6.45, 7) is 8.76. The molecule has 21 heavy (non-hydrogen) atoms. The van der Waals surface area contributed by atoms with Gasteiger partial charge in [0.05, 0.1) is 0 Å². The Labute approximate surface area is 126 Å². The van der Waals surface area contributed by atoms with Gasteiger partial charge in [0, 0.05) is 11.6 Å². The molecule has 1 amide bonds. The first kappa shape index (κ1) is 17.0. The lowest BCUT2D eigenvalue weighted by molar-refractivity contribution is -0.161. The summed E-state index contributed by atoms with van der Waals surface area (Å²) >= 11 is 0. The van der Waals surface area contributed by atoms with Crippen molar-refractivity contribution in [2.24, 2.45) is 0 Å². The number of carbonyl (C=O) groups excluding carboxylic acids is 2. The predicted octanol–water partition coefficient (Wildman–Crippen LogP) is 2.94. The molecular weight excluding hydrogens is 266 g/mol. The Morgan fingerprint density at radius 1 is 1.05 bits per heavy atom. The fourth-order valence-corrected chi connectivity index (χ4v) is 1.55. The highest BCUT2D eigenvalue weighted by Gasteiger charge is 2.33. The summed E-state index contributed by atoms with van der Waals surface area (Å²) in [6, 6.07) is 9.41. The molecule has 0 aliphatic rings. The monoisotopic (exact) mass is 289 g/mol. The quantitative estimate of drug-likeness (QED) is 0.685. The van der Waals surface area contributed by atoms with E-state index < -0.39 is 11.6 Å². The fourth-order valence-electron chi connectivity index (χ4n) is 1.55. The van der Waals surface area contributed by atoms with Gasteiger partial charge in [0.15, 0.2) is 5.60 Å². The Morgan fingerprint density at radius 2 is 1.62 bits per heavy atom. The van der Waals surface area contributed by atoms with Crippen molar-refractivity contribution in [3.05, 3.63) is 42.0 Å². The van der Waals surface area contributed by atoms with Crippen molar-refractivity contribution in [2.45, 2.75) is 45.8 Å². The van der Waals surface area contributed by atoms with Crippen LogP contribution in [0.5, 0.6) is 0 Å². The molecule has 1 N–H and O–H groups in total. The number of esters is 1. The Balaban J connectivity index is 2.64. The zero-order chi connectivity index (χ0) is 16.1. The summed E-state index contributed by atoms with van der Waals surface area (Å²) in [6.07, 6.45) is 2.97. The van der Waals surface area contributed by atoms with E-state index in [4.69, 9.17) is 4.74 Å².